The van der Waals surface area contributed by atoms with Crippen LogP contribution in [0.1, 0.15) is 111 Å². The molecule has 0 saturated carbocycles. The van der Waals surface area contributed by atoms with Gasteiger partial charge in [-0.15, -0.1) is 21.5 Å². The largest absolute Gasteiger partial charge is 0.405 e. The summed E-state index contributed by atoms with van der Waals surface area (Å²) >= 11 is 1.80. The van der Waals surface area contributed by atoms with Gasteiger partial charge in [0.2, 0.25) is 0 Å². The molecule has 4 rings (SSSR count). The zero-order chi connectivity index (χ0) is 30.1. The number of aliphatic imine (C=N–C) groups is 1. The fraction of sp³-hybridized carbons (Fsp3) is 0.485. The molecule has 2 aromatic heterocycles. The van der Waals surface area contributed by atoms with Crippen molar-refractivity contribution in [2.45, 2.75) is 106 Å². The monoisotopic (exact) mass is 564 g/mol. The molecular formula is C33H52N6S. The van der Waals surface area contributed by atoms with Gasteiger partial charge in [0.25, 0.3) is 0 Å². The Hall–Kier alpha value is -3.19. The summed E-state index contributed by atoms with van der Waals surface area (Å²) in [6.45, 7) is 22.1. The summed E-state index contributed by atoms with van der Waals surface area (Å²) in [5.41, 5.74) is 16.9. The van der Waals surface area contributed by atoms with Crippen molar-refractivity contribution in [3.63, 3.8) is 0 Å². The van der Waals surface area contributed by atoms with Crippen LogP contribution in [0.15, 0.2) is 54.3 Å². The predicted octanol–water partition coefficient (Wildman–Crippen LogP) is 8.63. The van der Waals surface area contributed by atoms with E-state index in [2.05, 4.69) is 85.6 Å². The van der Waals surface area contributed by atoms with Gasteiger partial charge in [-0.2, -0.15) is 0 Å². The van der Waals surface area contributed by atoms with Gasteiger partial charge >= 0.3 is 0 Å². The number of benzene rings is 1. The molecule has 220 valence electrons. The van der Waals surface area contributed by atoms with Crippen molar-refractivity contribution >= 4 is 17.0 Å². The first-order valence-electron chi connectivity index (χ1n) is 14.6. The number of aryl methyl sites for hydroxylation is 3. The second kappa shape index (κ2) is 19.0. The van der Waals surface area contributed by atoms with Gasteiger partial charge in [-0.3, -0.25) is 9.56 Å². The second-order valence-electron chi connectivity index (χ2n) is 9.76. The number of nitrogens with two attached hydrogens (primary N) is 2. The van der Waals surface area contributed by atoms with Gasteiger partial charge in [-0.05, 0) is 52.3 Å². The minimum Gasteiger partial charge on any atom is -0.405 e. The van der Waals surface area contributed by atoms with Gasteiger partial charge in [0.05, 0.1) is 5.71 Å². The van der Waals surface area contributed by atoms with Gasteiger partial charge in [0.1, 0.15) is 17.4 Å². The number of thiophene rings is 1. The first-order chi connectivity index (χ1) is 19.2. The molecule has 0 radical (unpaired) electrons. The number of hydrogen-bond donors (Lipinski definition) is 2. The van der Waals surface area contributed by atoms with E-state index in [-0.39, 0.29) is 0 Å². The van der Waals surface area contributed by atoms with Crippen LogP contribution in [-0.2, 0) is 6.54 Å². The third-order valence-electron chi connectivity index (χ3n) is 6.50. The Morgan fingerprint density at radius 1 is 0.975 bits per heavy atom. The summed E-state index contributed by atoms with van der Waals surface area (Å²) < 4.78 is 2.16. The summed E-state index contributed by atoms with van der Waals surface area (Å²) in [4.78, 5) is 6.21. The van der Waals surface area contributed by atoms with Gasteiger partial charge in [0, 0.05) is 21.7 Å². The van der Waals surface area contributed by atoms with Crippen molar-refractivity contribution in [2.24, 2.45) is 16.5 Å². The first-order valence-corrected chi connectivity index (χ1v) is 15.5. The lowest BCUT2D eigenvalue weighted by atomic mass is 9.99. The highest BCUT2D eigenvalue weighted by Gasteiger charge is 2.26. The third-order valence-corrected chi connectivity index (χ3v) is 7.70. The minimum absolute atomic E-state index is 0.559. The van der Waals surface area contributed by atoms with Crippen LogP contribution in [0, 0.1) is 27.7 Å². The Bertz CT molecular complexity index is 1200. The Morgan fingerprint density at radius 2 is 1.55 bits per heavy atom. The lowest BCUT2D eigenvalue weighted by Crippen LogP contribution is -2.07. The SMILES string of the molecule is C=C(N)CCCCCCCCC.C=CN.CC.Cc1ccc(C2=NCc3nnc(C)n3-c3sc(C)c(C)c32)cc1. The van der Waals surface area contributed by atoms with E-state index in [9.17, 15) is 0 Å². The third kappa shape index (κ3) is 10.4. The van der Waals surface area contributed by atoms with E-state index in [1.165, 1.54) is 77.7 Å². The second-order valence-corrected chi connectivity index (χ2v) is 11.0. The van der Waals surface area contributed by atoms with Crippen LogP contribution in [0.2, 0.25) is 0 Å². The van der Waals surface area contributed by atoms with E-state index in [1.807, 2.05) is 20.8 Å². The zero-order valence-corrected chi connectivity index (χ0v) is 26.8. The lowest BCUT2D eigenvalue weighted by molar-refractivity contribution is 0.588. The molecule has 4 N–H and O–H groups in total. The molecule has 0 bridgehead atoms. The molecule has 3 heterocycles. The highest BCUT2D eigenvalue weighted by Crippen LogP contribution is 2.36. The molecule has 1 aliphatic rings. The number of fused-ring (bicyclic) bond motifs is 3. The molecule has 1 aliphatic heterocycles. The molecule has 0 aliphatic carbocycles. The van der Waals surface area contributed by atoms with Crippen LogP contribution in [-0.4, -0.2) is 20.5 Å². The standard InChI is InChI=1S/C18H18N4S.C11H23N.C2H5N.C2H6/c1-10-5-7-14(8-6-10)17-16-11(2)12(3)23-18(16)22-13(4)20-21-15(22)9-19-17;1-3-4-5-6-7-8-9-10-11(2)12;1-2-3;1-2/h5-8H,9H2,1-4H3;2-10,12H2,1H3;2H,1,3H2;1-2H3. The van der Waals surface area contributed by atoms with Crippen LogP contribution >= 0.6 is 11.3 Å². The summed E-state index contributed by atoms with van der Waals surface area (Å²) in [5.74, 6) is 1.83. The molecule has 7 heteroatoms. The van der Waals surface area contributed by atoms with E-state index in [0.29, 0.717) is 6.54 Å². The minimum atomic E-state index is 0.559. The Kier molecular flexibility index (Phi) is 16.5. The summed E-state index contributed by atoms with van der Waals surface area (Å²) in [7, 11) is 0. The average Bonchev–Trinajstić information content (AvgIpc) is 3.38. The first kappa shape index (κ1) is 34.8. The summed E-state index contributed by atoms with van der Waals surface area (Å²) in [6.07, 6.45) is 11.7. The van der Waals surface area contributed by atoms with Crippen molar-refractivity contribution in [1.82, 2.24) is 14.8 Å². The molecule has 0 unspecified atom stereocenters. The van der Waals surface area contributed by atoms with Crippen LogP contribution < -0.4 is 11.5 Å². The highest BCUT2D eigenvalue weighted by atomic mass is 32.1. The maximum absolute atomic E-state index is 5.46. The molecule has 3 aromatic rings. The van der Waals surface area contributed by atoms with Crippen LogP contribution in [0.3, 0.4) is 0 Å². The molecule has 0 atom stereocenters. The Labute approximate surface area is 247 Å². The van der Waals surface area contributed by atoms with Gasteiger partial charge < -0.3 is 11.5 Å². The fourth-order valence-electron chi connectivity index (χ4n) is 4.30. The molecular weight excluding hydrogens is 512 g/mol. The van der Waals surface area contributed by atoms with Crippen molar-refractivity contribution in [2.75, 3.05) is 0 Å². The molecule has 6 nitrogen and oxygen atoms in total. The van der Waals surface area contributed by atoms with E-state index < -0.39 is 0 Å². The zero-order valence-electron chi connectivity index (χ0n) is 26.0. The molecule has 0 amide bonds. The molecule has 0 spiro atoms. The highest BCUT2D eigenvalue weighted by molar-refractivity contribution is 7.15. The summed E-state index contributed by atoms with van der Waals surface area (Å²) in [6, 6.07) is 8.60. The van der Waals surface area contributed by atoms with Crippen molar-refractivity contribution in [3.05, 3.63) is 88.1 Å². The van der Waals surface area contributed by atoms with Crippen LogP contribution in [0.5, 0.6) is 0 Å². The smallest absolute Gasteiger partial charge is 0.160 e. The van der Waals surface area contributed by atoms with E-state index >= 15 is 0 Å². The maximum Gasteiger partial charge on any atom is 0.160 e. The van der Waals surface area contributed by atoms with E-state index in [1.54, 1.807) is 11.3 Å². The normalized spacial score (nSPS) is 11.1. The number of rotatable bonds is 9. The predicted molar refractivity (Wildman–Crippen MR) is 176 cm³/mol. The molecule has 0 saturated heterocycles. The van der Waals surface area contributed by atoms with Crippen molar-refractivity contribution < 1.29 is 0 Å². The van der Waals surface area contributed by atoms with E-state index in [4.69, 9.17) is 10.7 Å². The van der Waals surface area contributed by atoms with Crippen molar-refractivity contribution in [3.8, 4) is 5.00 Å². The van der Waals surface area contributed by atoms with E-state index in [0.717, 1.165) is 35.0 Å². The number of nitrogens with zero attached hydrogens (tertiary/aromatic N) is 4. The number of unbranched alkanes of at least 4 members (excludes halogenated alkanes) is 6. The van der Waals surface area contributed by atoms with Crippen molar-refractivity contribution in [1.29, 1.82) is 0 Å². The number of aromatic nitrogens is 3. The number of hydrogen-bond acceptors (Lipinski definition) is 6. The van der Waals surface area contributed by atoms with Gasteiger partial charge in [0.15, 0.2) is 5.82 Å². The quantitative estimate of drug-likeness (QED) is 0.254. The topological polar surface area (TPSA) is 95.1 Å². The van der Waals surface area contributed by atoms with Crippen LogP contribution in [0.25, 0.3) is 5.00 Å². The average molecular weight is 565 g/mol. The summed E-state index contributed by atoms with van der Waals surface area (Å²) in [5, 5.41) is 9.74. The lowest BCUT2D eigenvalue weighted by Gasteiger charge is -2.09. The Morgan fingerprint density at radius 3 is 2.12 bits per heavy atom. The Balaban J connectivity index is 0.000000401. The van der Waals surface area contributed by atoms with Gasteiger partial charge in [-0.25, -0.2) is 0 Å². The maximum atomic E-state index is 5.46. The van der Waals surface area contributed by atoms with Gasteiger partial charge in [-0.1, -0.05) is 102 Å². The van der Waals surface area contributed by atoms with Crippen LogP contribution in [0.4, 0.5) is 0 Å². The molecule has 0 fully saturated rings. The molecule has 1 aromatic carbocycles. The molecule has 40 heavy (non-hydrogen) atoms. The fourth-order valence-corrected chi connectivity index (χ4v) is 5.53. The number of allylic oxidation sites excluding steroid dienone is 1.